The van der Waals surface area contributed by atoms with Gasteiger partial charge in [-0.05, 0) is 13.8 Å². The Hall–Kier alpha value is -1.16. The van der Waals surface area contributed by atoms with Gasteiger partial charge in [0.15, 0.2) is 0 Å². The van der Waals surface area contributed by atoms with Crippen LogP contribution in [-0.4, -0.2) is 15.3 Å². The van der Waals surface area contributed by atoms with Gasteiger partial charge < -0.3 is 5.11 Å². The molecule has 2 N–H and O–H groups in total. The third kappa shape index (κ3) is 1.46. The van der Waals surface area contributed by atoms with E-state index < -0.39 is 6.10 Å². The van der Waals surface area contributed by atoms with Crippen molar-refractivity contribution < 1.29 is 5.11 Å². The highest BCUT2D eigenvalue weighted by Crippen LogP contribution is 2.10. The van der Waals surface area contributed by atoms with E-state index in [1.165, 1.54) is 6.20 Å². The minimum atomic E-state index is -0.634. The van der Waals surface area contributed by atoms with E-state index >= 15 is 0 Å². The molecule has 4 nitrogen and oxygen atoms in total. The molecule has 1 unspecified atom stereocenters. The monoisotopic (exact) mass is 154 g/mol. The first-order valence-corrected chi connectivity index (χ1v) is 3.35. The highest BCUT2D eigenvalue weighted by molar-refractivity contribution is 5.20. The van der Waals surface area contributed by atoms with Crippen molar-refractivity contribution in [1.29, 1.82) is 0 Å². The second-order valence-electron chi connectivity index (χ2n) is 2.46. The molecular weight excluding hydrogens is 144 g/mol. The maximum Gasteiger partial charge on any atom is 0.267 e. The van der Waals surface area contributed by atoms with Gasteiger partial charge in [0.25, 0.3) is 5.56 Å². The molecule has 60 valence electrons. The molecule has 0 aromatic carbocycles. The Morgan fingerprint density at radius 3 is 2.82 bits per heavy atom. The van der Waals surface area contributed by atoms with Crippen molar-refractivity contribution in [3.63, 3.8) is 0 Å². The maximum atomic E-state index is 10.9. The van der Waals surface area contributed by atoms with Gasteiger partial charge in [-0.15, -0.1) is 0 Å². The summed E-state index contributed by atoms with van der Waals surface area (Å²) in [7, 11) is 0. The Kier molecular flexibility index (Phi) is 2.05. The number of aliphatic hydroxyl groups is 1. The second kappa shape index (κ2) is 2.84. The minimum Gasteiger partial charge on any atom is -0.389 e. The first-order valence-electron chi connectivity index (χ1n) is 3.35. The third-order valence-corrected chi connectivity index (χ3v) is 1.59. The summed E-state index contributed by atoms with van der Waals surface area (Å²) in [5.41, 5.74) is 0.854. The summed E-state index contributed by atoms with van der Waals surface area (Å²) in [5, 5.41) is 15.0. The van der Waals surface area contributed by atoms with Crippen molar-refractivity contribution in [3.8, 4) is 0 Å². The number of hydrogen-bond acceptors (Lipinski definition) is 3. The van der Waals surface area contributed by atoms with Crippen LogP contribution >= 0.6 is 0 Å². The van der Waals surface area contributed by atoms with E-state index in [9.17, 15) is 4.79 Å². The summed E-state index contributed by atoms with van der Waals surface area (Å²) in [6.45, 7) is 3.26. The summed E-state index contributed by atoms with van der Waals surface area (Å²) in [4.78, 5) is 10.9. The fraction of sp³-hybridized carbons (Fsp3) is 0.429. The molecule has 0 aliphatic carbocycles. The molecular formula is C7H10N2O2. The van der Waals surface area contributed by atoms with E-state index in [0.717, 1.165) is 0 Å². The molecule has 0 aliphatic rings. The minimum absolute atomic E-state index is 0.247. The average molecular weight is 154 g/mol. The van der Waals surface area contributed by atoms with Crippen LogP contribution in [0.4, 0.5) is 0 Å². The fourth-order valence-electron chi connectivity index (χ4n) is 0.893. The number of rotatable bonds is 1. The summed E-state index contributed by atoms with van der Waals surface area (Å²) in [6.07, 6.45) is 0.825. The van der Waals surface area contributed by atoms with Crippen molar-refractivity contribution in [1.82, 2.24) is 10.2 Å². The number of H-pyrrole nitrogens is 1. The summed E-state index contributed by atoms with van der Waals surface area (Å²) in [6, 6.07) is 0. The Morgan fingerprint density at radius 2 is 2.36 bits per heavy atom. The summed E-state index contributed by atoms with van der Waals surface area (Å²) in [5.74, 6) is 0. The Morgan fingerprint density at radius 1 is 1.73 bits per heavy atom. The van der Waals surface area contributed by atoms with E-state index in [1.54, 1.807) is 13.8 Å². The first-order chi connectivity index (χ1) is 5.13. The van der Waals surface area contributed by atoms with E-state index in [0.29, 0.717) is 11.1 Å². The average Bonchev–Trinajstić information content (AvgIpc) is 1.94. The Labute approximate surface area is 63.9 Å². The molecule has 1 aromatic heterocycles. The summed E-state index contributed by atoms with van der Waals surface area (Å²) >= 11 is 0. The van der Waals surface area contributed by atoms with Gasteiger partial charge in [0, 0.05) is 11.1 Å². The molecule has 11 heavy (non-hydrogen) atoms. The van der Waals surface area contributed by atoms with Gasteiger partial charge in [-0.2, -0.15) is 5.10 Å². The number of nitrogens with zero attached hydrogens (tertiary/aromatic N) is 1. The molecule has 0 fully saturated rings. The standard InChI is InChI=1S/C7H10N2O2/c1-4-6(5(2)10)3-8-9-7(4)11/h3,5,10H,1-2H3,(H,9,11). The molecule has 0 amide bonds. The Bertz CT molecular complexity index is 304. The van der Waals surface area contributed by atoms with Crippen molar-refractivity contribution >= 4 is 0 Å². The van der Waals surface area contributed by atoms with Crippen LogP contribution in [0.3, 0.4) is 0 Å². The van der Waals surface area contributed by atoms with Crippen LogP contribution in [-0.2, 0) is 0 Å². The van der Waals surface area contributed by atoms with Gasteiger partial charge in [0.1, 0.15) is 0 Å². The normalized spacial score (nSPS) is 13.0. The Balaban J connectivity index is 3.28. The van der Waals surface area contributed by atoms with Crippen LogP contribution in [0.2, 0.25) is 0 Å². The van der Waals surface area contributed by atoms with Gasteiger partial charge in [-0.1, -0.05) is 0 Å². The number of aromatic nitrogens is 2. The molecule has 0 bridgehead atoms. The van der Waals surface area contributed by atoms with Crippen molar-refractivity contribution in [2.24, 2.45) is 0 Å². The highest BCUT2D eigenvalue weighted by atomic mass is 16.3. The molecule has 1 rings (SSSR count). The molecule has 0 saturated heterocycles. The zero-order valence-corrected chi connectivity index (χ0v) is 6.46. The van der Waals surface area contributed by atoms with Gasteiger partial charge >= 0.3 is 0 Å². The summed E-state index contributed by atoms with van der Waals surface area (Å²) < 4.78 is 0. The van der Waals surface area contributed by atoms with E-state index in [2.05, 4.69) is 10.2 Å². The second-order valence-corrected chi connectivity index (χ2v) is 2.46. The van der Waals surface area contributed by atoms with Crippen molar-refractivity contribution in [3.05, 3.63) is 27.7 Å². The molecule has 1 heterocycles. The SMILES string of the molecule is Cc1c(C(C)O)cn[nH]c1=O. The lowest BCUT2D eigenvalue weighted by Gasteiger charge is -2.04. The van der Waals surface area contributed by atoms with Crippen LogP contribution in [0.1, 0.15) is 24.2 Å². The lowest BCUT2D eigenvalue weighted by molar-refractivity contribution is 0.197. The molecule has 0 saturated carbocycles. The fourth-order valence-corrected chi connectivity index (χ4v) is 0.893. The predicted molar refractivity (Wildman–Crippen MR) is 40.2 cm³/mol. The number of aliphatic hydroxyl groups excluding tert-OH is 1. The van der Waals surface area contributed by atoms with E-state index in [-0.39, 0.29) is 5.56 Å². The van der Waals surface area contributed by atoms with Gasteiger partial charge in [0.05, 0.1) is 12.3 Å². The lowest BCUT2D eigenvalue weighted by Crippen LogP contribution is -2.14. The maximum absolute atomic E-state index is 10.9. The first kappa shape index (κ1) is 7.94. The van der Waals surface area contributed by atoms with Crippen LogP contribution < -0.4 is 5.56 Å². The molecule has 1 atom stereocenters. The van der Waals surface area contributed by atoms with Crippen LogP contribution in [0.15, 0.2) is 11.0 Å². The largest absolute Gasteiger partial charge is 0.389 e. The lowest BCUT2D eigenvalue weighted by atomic mass is 10.1. The van der Waals surface area contributed by atoms with Gasteiger partial charge in [-0.3, -0.25) is 4.79 Å². The van der Waals surface area contributed by atoms with E-state index in [4.69, 9.17) is 5.11 Å². The van der Waals surface area contributed by atoms with Crippen molar-refractivity contribution in [2.75, 3.05) is 0 Å². The molecule has 4 heteroatoms. The quantitative estimate of drug-likeness (QED) is 0.604. The molecule has 0 aliphatic heterocycles. The third-order valence-electron chi connectivity index (χ3n) is 1.59. The number of hydrogen-bond donors (Lipinski definition) is 2. The zero-order valence-electron chi connectivity index (χ0n) is 6.46. The molecule has 1 aromatic rings. The van der Waals surface area contributed by atoms with E-state index in [1.807, 2.05) is 0 Å². The van der Waals surface area contributed by atoms with Crippen LogP contribution in [0.5, 0.6) is 0 Å². The zero-order chi connectivity index (χ0) is 8.43. The predicted octanol–water partition coefficient (Wildman–Crippen LogP) is 0.132. The number of aromatic amines is 1. The molecule has 0 spiro atoms. The molecule has 0 radical (unpaired) electrons. The number of nitrogens with one attached hydrogen (secondary N) is 1. The van der Waals surface area contributed by atoms with Crippen LogP contribution in [0.25, 0.3) is 0 Å². The van der Waals surface area contributed by atoms with Crippen LogP contribution in [0, 0.1) is 6.92 Å². The van der Waals surface area contributed by atoms with Crippen molar-refractivity contribution in [2.45, 2.75) is 20.0 Å². The topological polar surface area (TPSA) is 66.0 Å². The smallest absolute Gasteiger partial charge is 0.267 e. The van der Waals surface area contributed by atoms with Gasteiger partial charge in [-0.25, -0.2) is 5.10 Å². The van der Waals surface area contributed by atoms with Gasteiger partial charge in [0.2, 0.25) is 0 Å². The highest BCUT2D eigenvalue weighted by Gasteiger charge is 2.06.